The summed E-state index contributed by atoms with van der Waals surface area (Å²) in [5, 5.41) is 6.50. The van der Waals surface area contributed by atoms with Gasteiger partial charge in [-0.15, -0.1) is 11.8 Å². The molecule has 0 unspecified atom stereocenters. The van der Waals surface area contributed by atoms with E-state index in [0.717, 1.165) is 29.6 Å². The van der Waals surface area contributed by atoms with Crippen LogP contribution < -0.4 is 5.01 Å². The number of thioether (sulfide) groups is 1. The number of carbonyl (C=O) groups excluding carboxylic acids is 1. The van der Waals surface area contributed by atoms with Crippen LogP contribution in [0.5, 0.6) is 0 Å². The van der Waals surface area contributed by atoms with Crippen molar-refractivity contribution in [2.75, 3.05) is 10.8 Å². The maximum absolute atomic E-state index is 13.1. The summed E-state index contributed by atoms with van der Waals surface area (Å²) in [6.07, 6.45) is 2.05. The monoisotopic (exact) mass is 573 g/mol. The average Bonchev–Trinajstić information content (AvgIpc) is 3.18. The number of halogens is 2. The molecule has 0 N–H and O–H groups in total. The Balaban J connectivity index is 1.56. The van der Waals surface area contributed by atoms with E-state index in [1.807, 2.05) is 72.8 Å². The van der Waals surface area contributed by atoms with Crippen molar-refractivity contribution >= 4 is 82.4 Å². The minimum absolute atomic E-state index is 0.0880. The van der Waals surface area contributed by atoms with E-state index in [-0.39, 0.29) is 5.91 Å². The van der Waals surface area contributed by atoms with Gasteiger partial charge in [-0.05, 0) is 48.0 Å². The van der Waals surface area contributed by atoms with Crippen LogP contribution in [0, 0.1) is 0 Å². The normalized spacial score (nSPS) is 11.3. The zero-order valence-electron chi connectivity index (χ0n) is 16.2. The predicted molar refractivity (Wildman–Crippen MR) is 138 cm³/mol. The molecule has 0 aliphatic rings. The fourth-order valence-corrected chi connectivity index (χ4v) is 5.37. The van der Waals surface area contributed by atoms with Gasteiger partial charge in [0.2, 0.25) is 11.0 Å². The first-order chi connectivity index (χ1) is 15.1. The van der Waals surface area contributed by atoms with Gasteiger partial charge in [0.05, 0.1) is 16.4 Å². The van der Waals surface area contributed by atoms with E-state index in [1.54, 1.807) is 18.0 Å². The van der Waals surface area contributed by atoms with Crippen LogP contribution in [-0.2, 0) is 4.79 Å². The van der Waals surface area contributed by atoms with Crippen LogP contribution in [0.1, 0.15) is 12.0 Å². The molecule has 0 fully saturated rings. The molecule has 4 aromatic rings. The molecule has 0 aliphatic heterocycles. The van der Waals surface area contributed by atoms with E-state index in [0.29, 0.717) is 17.3 Å². The van der Waals surface area contributed by atoms with Gasteiger partial charge in [-0.3, -0.25) is 4.79 Å². The Morgan fingerprint density at radius 1 is 1.03 bits per heavy atom. The molecule has 1 aromatic heterocycles. The highest BCUT2D eigenvalue weighted by Gasteiger charge is 2.19. The Morgan fingerprint density at radius 2 is 1.77 bits per heavy atom. The molecule has 3 aromatic carbocycles. The van der Waals surface area contributed by atoms with Crippen LogP contribution in [0.3, 0.4) is 0 Å². The molecule has 0 aliphatic carbocycles. The van der Waals surface area contributed by atoms with Gasteiger partial charge >= 0.3 is 0 Å². The van der Waals surface area contributed by atoms with E-state index < -0.39 is 0 Å². The number of hydrazone groups is 1. The SMILES string of the molecule is O=C(CCSc1ccccc1)N(/N=C/c1ccc(Br)cc1)c1nc2ccc(Br)cc2s1. The molecule has 0 spiro atoms. The number of anilines is 1. The number of carbonyl (C=O) groups is 1. The standard InChI is InChI=1S/C23H17Br2N3OS2/c24-17-8-6-16(7-9-17)15-26-28(22(29)12-13-30-19-4-2-1-3-5-19)23-27-20-11-10-18(25)14-21(20)31-23/h1-11,14-15H,12-13H2/b26-15+. The minimum atomic E-state index is -0.0880. The highest BCUT2D eigenvalue weighted by Crippen LogP contribution is 2.31. The van der Waals surface area contributed by atoms with Crippen molar-refractivity contribution in [2.45, 2.75) is 11.3 Å². The molecule has 0 saturated heterocycles. The predicted octanol–water partition coefficient (Wildman–Crippen LogP) is 7.37. The van der Waals surface area contributed by atoms with Crippen molar-refractivity contribution in [2.24, 2.45) is 5.10 Å². The maximum Gasteiger partial charge on any atom is 0.250 e. The summed E-state index contributed by atoms with van der Waals surface area (Å²) in [6.45, 7) is 0. The summed E-state index contributed by atoms with van der Waals surface area (Å²) >= 11 is 10.0. The van der Waals surface area contributed by atoms with Gasteiger partial charge in [-0.25, -0.2) is 4.98 Å². The minimum Gasteiger partial charge on any atom is -0.272 e. The highest BCUT2D eigenvalue weighted by atomic mass is 79.9. The maximum atomic E-state index is 13.1. The summed E-state index contributed by atoms with van der Waals surface area (Å²) in [7, 11) is 0. The van der Waals surface area contributed by atoms with Crippen LogP contribution in [-0.4, -0.2) is 22.9 Å². The Hall–Kier alpha value is -2.00. The summed E-state index contributed by atoms with van der Waals surface area (Å²) in [4.78, 5) is 18.9. The molecule has 8 heteroatoms. The highest BCUT2D eigenvalue weighted by molar-refractivity contribution is 9.10. The number of thiazole rings is 1. The van der Waals surface area contributed by atoms with Gasteiger partial charge in [0.15, 0.2) is 0 Å². The molecule has 4 nitrogen and oxygen atoms in total. The van der Waals surface area contributed by atoms with Crippen molar-refractivity contribution < 1.29 is 4.79 Å². The fraction of sp³-hybridized carbons (Fsp3) is 0.0870. The zero-order chi connectivity index (χ0) is 21.6. The van der Waals surface area contributed by atoms with Crippen LogP contribution >= 0.6 is 55.0 Å². The Labute approximate surface area is 205 Å². The third kappa shape index (κ3) is 6.04. The molecule has 31 heavy (non-hydrogen) atoms. The smallest absolute Gasteiger partial charge is 0.250 e. The summed E-state index contributed by atoms with van der Waals surface area (Å²) in [6, 6.07) is 23.7. The number of fused-ring (bicyclic) bond motifs is 1. The molecule has 0 bridgehead atoms. The molecule has 1 amide bonds. The lowest BCUT2D eigenvalue weighted by Gasteiger charge is -2.13. The van der Waals surface area contributed by atoms with Gasteiger partial charge in [-0.1, -0.05) is 73.5 Å². The van der Waals surface area contributed by atoms with Crippen molar-refractivity contribution in [3.63, 3.8) is 0 Å². The van der Waals surface area contributed by atoms with Crippen molar-refractivity contribution in [1.29, 1.82) is 0 Å². The number of benzene rings is 3. The lowest BCUT2D eigenvalue weighted by atomic mass is 10.2. The first-order valence-electron chi connectivity index (χ1n) is 9.45. The van der Waals surface area contributed by atoms with E-state index >= 15 is 0 Å². The quantitative estimate of drug-likeness (QED) is 0.131. The number of nitrogens with zero attached hydrogens (tertiary/aromatic N) is 3. The van der Waals surface area contributed by atoms with Gasteiger partial charge in [-0.2, -0.15) is 10.1 Å². The molecular formula is C23H17Br2N3OS2. The second-order valence-corrected chi connectivity index (χ2v) is 10.5. The third-order valence-corrected chi connectivity index (χ3v) is 7.31. The molecular weight excluding hydrogens is 558 g/mol. The number of amides is 1. The molecule has 0 saturated carbocycles. The van der Waals surface area contributed by atoms with Gasteiger partial charge in [0, 0.05) is 26.0 Å². The van der Waals surface area contributed by atoms with E-state index in [2.05, 4.69) is 41.9 Å². The number of rotatable bonds is 7. The summed E-state index contributed by atoms with van der Waals surface area (Å²) < 4.78 is 2.97. The fourth-order valence-electron chi connectivity index (χ4n) is 2.75. The van der Waals surface area contributed by atoms with E-state index in [4.69, 9.17) is 0 Å². The molecule has 1 heterocycles. The third-order valence-electron chi connectivity index (χ3n) is 4.28. The van der Waals surface area contributed by atoms with Crippen molar-refractivity contribution in [3.8, 4) is 0 Å². The molecule has 4 rings (SSSR count). The molecule has 0 atom stereocenters. The van der Waals surface area contributed by atoms with Crippen LogP contribution in [0.25, 0.3) is 10.2 Å². The second-order valence-electron chi connectivity index (χ2n) is 6.52. The Bertz CT molecular complexity index is 1210. The van der Waals surface area contributed by atoms with Gasteiger partial charge in [0.25, 0.3) is 0 Å². The van der Waals surface area contributed by atoms with Gasteiger partial charge < -0.3 is 0 Å². The topological polar surface area (TPSA) is 45.6 Å². The summed E-state index contributed by atoms with van der Waals surface area (Å²) in [5.74, 6) is 0.582. The Morgan fingerprint density at radius 3 is 2.55 bits per heavy atom. The average molecular weight is 575 g/mol. The largest absolute Gasteiger partial charge is 0.272 e. The van der Waals surface area contributed by atoms with E-state index in [1.165, 1.54) is 16.3 Å². The lowest BCUT2D eigenvalue weighted by molar-refractivity contribution is -0.118. The first kappa shape index (κ1) is 22.2. The molecule has 0 radical (unpaired) electrons. The van der Waals surface area contributed by atoms with Crippen molar-refractivity contribution in [3.05, 3.63) is 87.3 Å². The van der Waals surface area contributed by atoms with Crippen LogP contribution in [0.2, 0.25) is 0 Å². The second kappa shape index (κ2) is 10.5. The lowest BCUT2D eigenvalue weighted by Crippen LogP contribution is -2.25. The van der Waals surface area contributed by atoms with Crippen LogP contribution in [0.4, 0.5) is 5.13 Å². The zero-order valence-corrected chi connectivity index (χ0v) is 21.0. The number of hydrogen-bond donors (Lipinski definition) is 0. The van der Waals surface area contributed by atoms with Crippen molar-refractivity contribution in [1.82, 2.24) is 4.98 Å². The Kier molecular flexibility index (Phi) is 7.55. The number of hydrogen-bond acceptors (Lipinski definition) is 5. The van der Waals surface area contributed by atoms with Crippen LogP contribution in [0.15, 0.2) is 91.7 Å². The number of aromatic nitrogens is 1. The molecule has 156 valence electrons. The first-order valence-corrected chi connectivity index (χ1v) is 12.8. The van der Waals surface area contributed by atoms with Gasteiger partial charge in [0.1, 0.15) is 0 Å². The summed E-state index contributed by atoms with van der Waals surface area (Å²) in [5.41, 5.74) is 1.75. The van der Waals surface area contributed by atoms with E-state index in [9.17, 15) is 4.79 Å².